The molecule has 1 fully saturated rings. The van der Waals surface area contributed by atoms with Gasteiger partial charge in [-0.3, -0.25) is 0 Å². The highest BCUT2D eigenvalue weighted by molar-refractivity contribution is 5.38. The summed E-state index contributed by atoms with van der Waals surface area (Å²) in [5.41, 5.74) is 0. The molecule has 2 rings (SSSR count). The molecule has 1 heterocycles. The van der Waals surface area contributed by atoms with Gasteiger partial charge in [-0.25, -0.2) is 4.98 Å². The third-order valence-electron chi connectivity index (χ3n) is 2.92. The summed E-state index contributed by atoms with van der Waals surface area (Å²) in [6.07, 6.45) is 5.91. The number of aromatic nitrogens is 2. The van der Waals surface area contributed by atoms with E-state index in [1.54, 1.807) is 0 Å². The summed E-state index contributed by atoms with van der Waals surface area (Å²) >= 11 is 0. The summed E-state index contributed by atoms with van der Waals surface area (Å²) in [5, 5.41) is 3.22. The van der Waals surface area contributed by atoms with E-state index in [1.807, 2.05) is 6.07 Å². The number of nitrogens with zero attached hydrogens (tertiary/aromatic N) is 2. The highest BCUT2D eigenvalue weighted by Gasteiger charge is 2.20. The molecule has 1 saturated carbocycles. The summed E-state index contributed by atoms with van der Waals surface area (Å²) < 4.78 is 5.83. The van der Waals surface area contributed by atoms with E-state index in [4.69, 9.17) is 4.74 Å². The Bertz CT molecular complexity index is 339. The Labute approximate surface area is 103 Å². The minimum atomic E-state index is 0.369. The van der Waals surface area contributed by atoms with Gasteiger partial charge in [0.1, 0.15) is 17.7 Å². The van der Waals surface area contributed by atoms with Crippen LogP contribution in [0.4, 0.5) is 5.82 Å². The Morgan fingerprint density at radius 3 is 2.76 bits per heavy atom. The maximum atomic E-state index is 5.83. The van der Waals surface area contributed by atoms with Crippen LogP contribution in [0.3, 0.4) is 0 Å². The van der Waals surface area contributed by atoms with Crippen molar-refractivity contribution in [2.45, 2.75) is 52.1 Å². The summed E-state index contributed by atoms with van der Waals surface area (Å²) in [6.45, 7) is 5.06. The molecular weight excluding hydrogens is 214 g/mol. The van der Waals surface area contributed by atoms with Crippen LogP contribution < -0.4 is 10.1 Å². The lowest BCUT2D eigenvalue weighted by Gasteiger charge is -2.26. The fourth-order valence-electron chi connectivity index (χ4n) is 1.80. The maximum absolute atomic E-state index is 5.83. The number of aryl methyl sites for hydroxylation is 1. The minimum absolute atomic E-state index is 0.369. The molecule has 17 heavy (non-hydrogen) atoms. The Morgan fingerprint density at radius 1 is 1.35 bits per heavy atom. The first-order valence-corrected chi connectivity index (χ1v) is 6.60. The van der Waals surface area contributed by atoms with E-state index in [2.05, 4.69) is 29.1 Å². The van der Waals surface area contributed by atoms with Crippen molar-refractivity contribution in [2.24, 2.45) is 0 Å². The maximum Gasteiger partial charge on any atom is 0.218 e. The summed E-state index contributed by atoms with van der Waals surface area (Å²) in [6, 6.07) is 1.90. The highest BCUT2D eigenvalue weighted by Crippen LogP contribution is 2.25. The zero-order chi connectivity index (χ0) is 12.1. The van der Waals surface area contributed by atoms with E-state index >= 15 is 0 Å². The van der Waals surface area contributed by atoms with E-state index in [1.165, 1.54) is 6.42 Å². The van der Waals surface area contributed by atoms with Crippen LogP contribution >= 0.6 is 0 Å². The molecule has 0 aliphatic heterocycles. The molecule has 1 aromatic rings. The number of rotatable bonds is 6. The molecule has 1 aliphatic rings. The van der Waals surface area contributed by atoms with E-state index in [0.29, 0.717) is 6.10 Å². The van der Waals surface area contributed by atoms with Gasteiger partial charge in [0.25, 0.3) is 0 Å². The van der Waals surface area contributed by atoms with Crippen LogP contribution in [0.5, 0.6) is 5.88 Å². The second-order valence-electron chi connectivity index (χ2n) is 4.46. The Balaban J connectivity index is 2.10. The van der Waals surface area contributed by atoms with E-state index in [9.17, 15) is 0 Å². The lowest BCUT2D eigenvalue weighted by atomic mass is 9.96. The van der Waals surface area contributed by atoms with E-state index in [0.717, 1.165) is 49.8 Å². The van der Waals surface area contributed by atoms with E-state index < -0.39 is 0 Å². The predicted molar refractivity (Wildman–Crippen MR) is 68.5 cm³/mol. The largest absolute Gasteiger partial charge is 0.474 e. The van der Waals surface area contributed by atoms with E-state index in [-0.39, 0.29) is 0 Å². The molecule has 0 spiro atoms. The summed E-state index contributed by atoms with van der Waals surface area (Å²) in [4.78, 5) is 8.92. The third-order valence-corrected chi connectivity index (χ3v) is 2.92. The van der Waals surface area contributed by atoms with Gasteiger partial charge in [0.2, 0.25) is 5.88 Å². The average Bonchev–Trinajstić information content (AvgIpc) is 2.24. The SMILES string of the molecule is CCCc1nc(NCC)cc(OC2CCC2)n1. The van der Waals surface area contributed by atoms with Crippen LogP contribution in [-0.4, -0.2) is 22.6 Å². The first-order chi connectivity index (χ1) is 8.31. The molecular formula is C13H21N3O. The first kappa shape index (κ1) is 12.1. The molecule has 0 aromatic carbocycles. The van der Waals surface area contributed by atoms with Gasteiger partial charge in [-0.15, -0.1) is 0 Å². The molecule has 0 bridgehead atoms. The first-order valence-electron chi connectivity index (χ1n) is 6.60. The lowest BCUT2D eigenvalue weighted by Crippen LogP contribution is -2.25. The lowest BCUT2D eigenvalue weighted by molar-refractivity contribution is 0.114. The van der Waals surface area contributed by atoms with Crippen LogP contribution in [0.25, 0.3) is 0 Å². The van der Waals surface area contributed by atoms with Crippen LogP contribution in [-0.2, 0) is 6.42 Å². The second-order valence-corrected chi connectivity index (χ2v) is 4.46. The number of anilines is 1. The topological polar surface area (TPSA) is 47.0 Å². The normalized spacial score (nSPS) is 15.4. The van der Waals surface area contributed by atoms with Crippen molar-refractivity contribution >= 4 is 5.82 Å². The summed E-state index contributed by atoms with van der Waals surface area (Å²) in [5.74, 6) is 2.48. The van der Waals surface area contributed by atoms with Gasteiger partial charge in [-0.05, 0) is 32.6 Å². The van der Waals surface area contributed by atoms with Gasteiger partial charge < -0.3 is 10.1 Å². The highest BCUT2D eigenvalue weighted by atomic mass is 16.5. The second kappa shape index (κ2) is 5.84. The Morgan fingerprint density at radius 2 is 2.18 bits per heavy atom. The van der Waals surface area contributed by atoms with Crippen LogP contribution in [0, 0.1) is 0 Å². The van der Waals surface area contributed by atoms with Crippen molar-refractivity contribution in [2.75, 3.05) is 11.9 Å². The van der Waals surface area contributed by atoms with Crippen molar-refractivity contribution in [3.63, 3.8) is 0 Å². The third kappa shape index (κ3) is 3.32. The molecule has 4 heteroatoms. The Hall–Kier alpha value is -1.32. The zero-order valence-corrected chi connectivity index (χ0v) is 10.7. The molecule has 0 amide bonds. The van der Waals surface area contributed by atoms with Gasteiger partial charge in [0.15, 0.2) is 0 Å². The Kier molecular flexibility index (Phi) is 4.18. The molecule has 0 atom stereocenters. The molecule has 1 N–H and O–H groups in total. The van der Waals surface area contributed by atoms with Gasteiger partial charge in [0, 0.05) is 19.0 Å². The van der Waals surface area contributed by atoms with Gasteiger partial charge in [-0.2, -0.15) is 4.98 Å². The zero-order valence-electron chi connectivity index (χ0n) is 10.7. The van der Waals surface area contributed by atoms with Gasteiger partial charge in [-0.1, -0.05) is 6.92 Å². The van der Waals surface area contributed by atoms with Gasteiger partial charge >= 0.3 is 0 Å². The van der Waals surface area contributed by atoms with Crippen LogP contribution in [0.1, 0.15) is 45.4 Å². The van der Waals surface area contributed by atoms with Crippen LogP contribution in [0.15, 0.2) is 6.07 Å². The molecule has 1 aliphatic carbocycles. The fourth-order valence-corrected chi connectivity index (χ4v) is 1.80. The molecule has 94 valence electrons. The number of ether oxygens (including phenoxy) is 1. The summed E-state index contributed by atoms with van der Waals surface area (Å²) in [7, 11) is 0. The predicted octanol–water partition coefficient (Wildman–Crippen LogP) is 2.79. The standard InChI is InChI=1S/C13H21N3O/c1-3-6-11-15-12(14-4-2)9-13(16-11)17-10-7-5-8-10/h9-10H,3-8H2,1-2H3,(H,14,15,16). The molecule has 1 aromatic heterocycles. The van der Waals surface area contributed by atoms with Gasteiger partial charge in [0.05, 0.1) is 0 Å². The molecule has 0 radical (unpaired) electrons. The smallest absolute Gasteiger partial charge is 0.218 e. The number of nitrogens with one attached hydrogen (secondary N) is 1. The van der Waals surface area contributed by atoms with Crippen molar-refractivity contribution in [3.05, 3.63) is 11.9 Å². The average molecular weight is 235 g/mol. The van der Waals surface area contributed by atoms with Crippen molar-refractivity contribution in [1.82, 2.24) is 9.97 Å². The quantitative estimate of drug-likeness (QED) is 0.823. The molecule has 0 unspecified atom stereocenters. The fraction of sp³-hybridized carbons (Fsp3) is 0.692. The monoisotopic (exact) mass is 235 g/mol. The molecule has 4 nitrogen and oxygen atoms in total. The van der Waals surface area contributed by atoms with Crippen molar-refractivity contribution in [3.8, 4) is 5.88 Å². The molecule has 0 saturated heterocycles. The number of hydrogen-bond donors (Lipinski definition) is 1. The van der Waals surface area contributed by atoms with Crippen molar-refractivity contribution < 1.29 is 4.74 Å². The van der Waals surface area contributed by atoms with Crippen LogP contribution in [0.2, 0.25) is 0 Å². The van der Waals surface area contributed by atoms with Crippen molar-refractivity contribution in [1.29, 1.82) is 0 Å². The number of hydrogen-bond acceptors (Lipinski definition) is 4. The minimum Gasteiger partial charge on any atom is -0.474 e.